The molecular formula is C80H120N10O15S2. The number of esters is 4. The fourth-order valence-electron chi connectivity index (χ4n) is 15.6. The predicted octanol–water partition coefficient (Wildman–Crippen LogP) is 10.6. The number of carbonyl (C=O) groups is 10. The fourth-order valence-corrected chi connectivity index (χ4v) is 17.2. The maximum atomic E-state index is 14.3. The van der Waals surface area contributed by atoms with E-state index < -0.39 is 76.9 Å². The smallest absolute Gasteiger partial charge is 0.324 e. The Morgan fingerprint density at radius 2 is 0.944 bits per heavy atom. The minimum atomic E-state index is -0.820. The number of aromatic nitrogens is 2. The number of amides is 5. The molecule has 2 aromatic carbocycles. The molecule has 107 heavy (non-hydrogen) atoms. The van der Waals surface area contributed by atoms with Gasteiger partial charge in [0, 0.05) is 87.8 Å². The molecule has 0 radical (unpaired) electrons. The number of carboxylic acid groups (broad SMARTS) is 1. The van der Waals surface area contributed by atoms with Crippen LogP contribution in [0.15, 0.2) is 71.4 Å². The molecule has 4 aromatic rings. The van der Waals surface area contributed by atoms with Gasteiger partial charge in [-0.2, -0.15) is 0 Å². The van der Waals surface area contributed by atoms with Gasteiger partial charge in [-0.3, -0.25) is 57.7 Å². The summed E-state index contributed by atoms with van der Waals surface area (Å²) in [5.41, 5.74) is 7.59. The second kappa shape index (κ2) is 40.6. The first kappa shape index (κ1) is 88.2. The lowest BCUT2D eigenvalue weighted by Crippen LogP contribution is -2.60. The van der Waals surface area contributed by atoms with Gasteiger partial charge >= 0.3 is 29.8 Å². The van der Waals surface area contributed by atoms with Crippen molar-refractivity contribution in [3.8, 4) is 0 Å². The molecule has 4 fully saturated rings. The summed E-state index contributed by atoms with van der Waals surface area (Å²) in [6.07, 6.45) is 9.65. The van der Waals surface area contributed by atoms with E-state index in [0.29, 0.717) is 60.6 Å². The number of carboxylic acids is 1. The topological polar surface area (TPSA) is 329 Å². The van der Waals surface area contributed by atoms with E-state index in [1.807, 2.05) is 130 Å². The zero-order valence-electron chi connectivity index (χ0n) is 66.2. The summed E-state index contributed by atoms with van der Waals surface area (Å²) in [5.74, 6) is -4.50. The van der Waals surface area contributed by atoms with Gasteiger partial charge in [-0.05, 0) is 126 Å². The average Bonchev–Trinajstić information content (AvgIpc) is 1.61. The zero-order valence-corrected chi connectivity index (χ0v) is 67.9. The molecule has 0 spiro atoms. The summed E-state index contributed by atoms with van der Waals surface area (Å²) < 4.78 is 21.3. The van der Waals surface area contributed by atoms with Gasteiger partial charge in [0.25, 0.3) is 11.8 Å². The monoisotopic (exact) mass is 1520 g/mol. The highest BCUT2D eigenvalue weighted by molar-refractivity contribution is 7.10. The second-order valence-electron chi connectivity index (χ2n) is 30.7. The lowest BCUT2D eigenvalue weighted by Gasteiger charge is -2.38. The predicted molar refractivity (Wildman–Crippen MR) is 412 cm³/mol. The molecule has 4 aliphatic heterocycles. The number of rotatable bonds is 35. The number of thiazole rings is 2. The number of aliphatic carboxylic acids is 1. The van der Waals surface area contributed by atoms with Crippen molar-refractivity contribution in [3.63, 3.8) is 0 Å². The van der Waals surface area contributed by atoms with Crippen LogP contribution in [0.2, 0.25) is 0 Å². The third-order valence-corrected chi connectivity index (χ3v) is 24.6. The molecule has 25 nitrogen and oxygen atoms in total. The summed E-state index contributed by atoms with van der Waals surface area (Å²) in [6, 6.07) is 17.6. The van der Waals surface area contributed by atoms with E-state index >= 15 is 0 Å². The van der Waals surface area contributed by atoms with Crippen LogP contribution in [0.5, 0.6) is 0 Å². The summed E-state index contributed by atoms with van der Waals surface area (Å²) in [5, 5.41) is 22.4. The van der Waals surface area contributed by atoms with E-state index in [1.165, 1.54) is 50.7 Å². The van der Waals surface area contributed by atoms with Crippen LogP contribution in [-0.4, -0.2) is 196 Å². The normalized spacial score (nSPS) is 21.4. The quantitative estimate of drug-likeness (QED) is 0.0211. The molecule has 4 aliphatic rings. The van der Waals surface area contributed by atoms with Crippen molar-refractivity contribution in [3.05, 3.63) is 104 Å². The minimum Gasteiger partial charge on any atom is -0.480 e. The van der Waals surface area contributed by atoms with E-state index in [-0.39, 0.29) is 95.3 Å². The number of benzene rings is 2. The number of fused-ring (bicyclic) bond motifs is 4. The fraction of sp³-hybridized carbons (Fsp3) is 0.650. The summed E-state index contributed by atoms with van der Waals surface area (Å²) in [6.45, 7) is 22.1. The van der Waals surface area contributed by atoms with Crippen molar-refractivity contribution < 1.29 is 72.0 Å². The maximum absolute atomic E-state index is 14.3. The number of nitrogens with zero attached hydrogens (tertiary/aromatic N) is 6. The molecule has 12 atom stereocenters. The van der Waals surface area contributed by atoms with Gasteiger partial charge in [0.1, 0.15) is 38.5 Å². The lowest BCUT2D eigenvalue weighted by molar-refractivity contribution is -0.150. The third-order valence-electron chi connectivity index (χ3n) is 22.8. The molecule has 27 heteroatoms. The average molecular weight is 1530 g/mol. The molecule has 6 heterocycles. The Hall–Kier alpha value is -7.72. The number of hydrogen-bond acceptors (Lipinski definition) is 21. The van der Waals surface area contributed by atoms with Crippen LogP contribution in [0, 0.1) is 35.5 Å². The SMILES string of the molecule is CC[C@H](C)[C@H](N)C(=O)N(C)[C@H](C[C@@H](OC(C)=O)c1nc(C(=O)N[C@@H](Cc2ccccc2)C[C@H](C)C(=O)OC)cs1)C(C)C.CC[C@H](C)[C@H](NC(=O)C12CCC(CC1)N2C)C(=O)N(C)[C@H](C[C@@H](OC(C)=O)c1nc(C(=O)N[C@@H](Cc2ccccc2)C[C@H](C)C(=O)OC)cs1)C(C)C.CN1C2CCC1(C(=O)O)CC2. The van der Waals surface area contributed by atoms with Gasteiger partial charge in [0.15, 0.2) is 12.2 Å². The van der Waals surface area contributed by atoms with Crippen molar-refractivity contribution in [2.75, 3.05) is 42.4 Å². The van der Waals surface area contributed by atoms with Gasteiger partial charge in [-0.25, -0.2) is 9.97 Å². The first-order valence-electron chi connectivity index (χ1n) is 38.0. The van der Waals surface area contributed by atoms with E-state index in [1.54, 1.807) is 48.5 Å². The van der Waals surface area contributed by atoms with Crippen LogP contribution < -0.4 is 21.7 Å². The lowest BCUT2D eigenvalue weighted by atomic mass is 9.86. The number of likely N-dealkylation sites (N-methyl/N-ethyl adjacent to an activating group) is 4. The van der Waals surface area contributed by atoms with Crippen molar-refractivity contribution in [1.29, 1.82) is 0 Å². The van der Waals surface area contributed by atoms with Gasteiger partial charge in [0.05, 0.1) is 32.1 Å². The van der Waals surface area contributed by atoms with E-state index in [2.05, 4.69) is 35.7 Å². The molecule has 6 N–H and O–H groups in total. The summed E-state index contributed by atoms with van der Waals surface area (Å²) in [7, 11) is 10.1. The van der Waals surface area contributed by atoms with Crippen LogP contribution in [-0.2, 0) is 70.1 Å². The third kappa shape index (κ3) is 23.2. The number of nitrogens with two attached hydrogens (primary N) is 1. The molecule has 5 amide bonds. The molecule has 592 valence electrons. The van der Waals surface area contributed by atoms with Crippen LogP contribution in [0.3, 0.4) is 0 Å². The van der Waals surface area contributed by atoms with E-state index in [9.17, 15) is 47.9 Å². The Labute approximate surface area is 641 Å². The summed E-state index contributed by atoms with van der Waals surface area (Å²) >= 11 is 2.43. The molecule has 4 saturated heterocycles. The van der Waals surface area contributed by atoms with Gasteiger partial charge in [0.2, 0.25) is 17.7 Å². The Kier molecular flexibility index (Phi) is 33.5. The highest BCUT2D eigenvalue weighted by Crippen LogP contribution is 2.47. The highest BCUT2D eigenvalue weighted by Gasteiger charge is 2.56. The Morgan fingerprint density at radius 3 is 1.26 bits per heavy atom. The highest BCUT2D eigenvalue weighted by atomic mass is 32.1. The number of methoxy groups -OCH3 is 2. The number of hydrogen-bond donors (Lipinski definition) is 5. The van der Waals surface area contributed by atoms with Crippen LogP contribution >= 0.6 is 22.7 Å². The van der Waals surface area contributed by atoms with Gasteiger partial charge in [-0.15, -0.1) is 22.7 Å². The number of nitrogens with one attached hydrogen (secondary N) is 3. The van der Waals surface area contributed by atoms with Gasteiger partial charge < -0.3 is 55.5 Å². The molecule has 4 bridgehead atoms. The molecule has 0 unspecified atom stereocenters. The Morgan fingerprint density at radius 1 is 0.570 bits per heavy atom. The zero-order chi connectivity index (χ0) is 79.4. The van der Waals surface area contributed by atoms with Crippen molar-refractivity contribution in [1.82, 2.24) is 45.5 Å². The maximum Gasteiger partial charge on any atom is 0.324 e. The molecule has 2 aromatic heterocycles. The minimum absolute atomic E-state index is 0.0217. The molecule has 0 saturated carbocycles. The molecule has 0 aliphatic carbocycles. The van der Waals surface area contributed by atoms with Crippen molar-refractivity contribution >= 4 is 82.1 Å². The van der Waals surface area contributed by atoms with Crippen LogP contribution in [0.4, 0.5) is 0 Å². The Bertz CT molecular complexity index is 3600. The first-order chi connectivity index (χ1) is 50.6. The van der Waals surface area contributed by atoms with Crippen LogP contribution in [0.25, 0.3) is 0 Å². The Balaban J connectivity index is 0.000000296. The van der Waals surface area contributed by atoms with Gasteiger partial charge in [-0.1, -0.05) is 143 Å². The largest absolute Gasteiger partial charge is 0.480 e. The number of ether oxygens (including phenoxy) is 4. The van der Waals surface area contributed by atoms with Crippen molar-refractivity contribution in [2.24, 2.45) is 41.2 Å². The summed E-state index contributed by atoms with van der Waals surface area (Å²) in [4.78, 5) is 145. The first-order valence-corrected chi connectivity index (χ1v) is 39.7. The molecule has 8 rings (SSSR count). The standard InChI is InChI=1S/C40H59N5O7S.C32H48N4O6S.C8H13NO2/c1-10-25(4)34(43-39(50)40-18-16-30(17-19-40)45(40)8)37(48)44(7)32(24(2)3)22-33(52-27(6)46)36-42-31(23-53-36)35(47)41-29(20-26(5)38(49)51-9)21-28-14-12-11-13-15-28;1-9-20(4)28(33)31(39)36(7)26(19(2)3)17-27(42-22(6)37)30-35-25(18-43-30)29(38)34-24(15-21(5)32(40)41-8)16-23-13-11-10-12-14-23;1-9-6-2-4-8(9,5-3-6)7(10)11/h11-15,23-26,29-30,32-34H,10,16-22H2,1-9H3,(H,41,47)(H,43,50);10-14,18-21,24,26-28H,9,15-17,33H2,1-8H3,(H,34,38);6H,2-5H2,1H3,(H,10,11)/t25-,26-,29+,30?,32+,33+,34-,40?;20-,21-,24+,26+,27+,28-;/m00./s1. The van der Waals surface area contributed by atoms with Crippen molar-refractivity contribution in [2.45, 2.75) is 257 Å². The van der Waals surface area contributed by atoms with E-state index in [4.69, 9.17) is 29.8 Å². The van der Waals surface area contributed by atoms with Crippen LogP contribution in [0.1, 0.15) is 227 Å². The molecular weight excluding hydrogens is 1410 g/mol. The second-order valence-corrected chi connectivity index (χ2v) is 32.5. The van der Waals surface area contributed by atoms with E-state index in [0.717, 1.165) is 68.9 Å². The number of carbonyl (C=O) groups excluding carboxylic acids is 9.